The lowest BCUT2D eigenvalue weighted by molar-refractivity contribution is -0.115. The first-order valence-corrected chi connectivity index (χ1v) is 12.5. The van der Waals surface area contributed by atoms with Gasteiger partial charge in [-0.05, 0) is 86.7 Å². The van der Waals surface area contributed by atoms with Crippen molar-refractivity contribution < 1.29 is 14.4 Å². The number of aromatic nitrogens is 1. The summed E-state index contributed by atoms with van der Waals surface area (Å²) in [4.78, 5) is 38.8. The molecule has 5 rings (SSSR count). The molecule has 0 saturated carbocycles. The number of aryl methyl sites for hydroxylation is 2. The summed E-state index contributed by atoms with van der Waals surface area (Å²) in [6, 6.07) is 11.5. The van der Waals surface area contributed by atoms with E-state index < -0.39 is 0 Å². The van der Waals surface area contributed by atoms with Gasteiger partial charge in [-0.3, -0.25) is 19.7 Å². The molecule has 3 amide bonds. The molecule has 0 radical (unpaired) electrons. The minimum Gasteiger partial charge on any atom is -0.322 e. The Morgan fingerprint density at radius 1 is 1.12 bits per heavy atom. The second-order valence-corrected chi connectivity index (χ2v) is 10.3. The Morgan fingerprint density at radius 3 is 2.61 bits per heavy atom. The molecule has 3 aromatic rings. The van der Waals surface area contributed by atoms with Crippen molar-refractivity contribution in [2.24, 2.45) is 0 Å². The molecule has 2 N–H and O–H groups in total. The number of rotatable bonds is 4. The molecule has 168 valence electrons. The van der Waals surface area contributed by atoms with Gasteiger partial charge in [0.25, 0.3) is 17.1 Å². The number of thioether (sulfide) groups is 1. The minimum atomic E-state index is -0.371. The zero-order valence-corrected chi connectivity index (χ0v) is 20.0. The molecule has 0 unspecified atom stereocenters. The minimum absolute atomic E-state index is 0.0978. The molecule has 0 bridgehead atoms. The highest BCUT2D eigenvalue weighted by Crippen LogP contribution is 2.39. The molecule has 1 saturated heterocycles. The highest BCUT2D eigenvalue weighted by atomic mass is 32.2. The fourth-order valence-corrected chi connectivity index (χ4v) is 6.64. The standard InChI is InChI=1S/C25H23N3O3S2/c1-14-12-16(13-20-22(29)27-25(31)33-20)15(2)28(14)24-21(18-10-6-7-11-19(18)32-24)23(30)26-17-8-4-3-5-9-17/h3-5,8-9,12-13H,6-7,10-11H2,1-2H3,(H,26,30)(H,27,29,31)/b20-13+. The first kappa shape index (κ1) is 21.7. The van der Waals surface area contributed by atoms with E-state index in [9.17, 15) is 14.4 Å². The molecule has 1 aromatic carbocycles. The Hall–Kier alpha value is -3.10. The van der Waals surface area contributed by atoms with Gasteiger partial charge in [-0.15, -0.1) is 11.3 Å². The number of nitrogens with zero attached hydrogens (tertiary/aromatic N) is 1. The van der Waals surface area contributed by atoms with Crippen LogP contribution in [0.4, 0.5) is 10.5 Å². The van der Waals surface area contributed by atoms with E-state index in [0.717, 1.165) is 76.2 Å². The second kappa shape index (κ2) is 8.68. The van der Waals surface area contributed by atoms with Crippen LogP contribution in [0, 0.1) is 13.8 Å². The first-order valence-electron chi connectivity index (χ1n) is 10.9. The van der Waals surface area contributed by atoms with Crippen LogP contribution in [-0.2, 0) is 17.6 Å². The maximum atomic E-state index is 13.5. The Morgan fingerprint density at radius 2 is 1.88 bits per heavy atom. The van der Waals surface area contributed by atoms with Crippen LogP contribution in [0.5, 0.6) is 0 Å². The van der Waals surface area contributed by atoms with E-state index in [1.165, 1.54) is 4.88 Å². The number of carbonyl (C=O) groups excluding carboxylic acids is 3. The maximum absolute atomic E-state index is 13.5. The van der Waals surface area contributed by atoms with Crippen molar-refractivity contribution in [3.63, 3.8) is 0 Å². The van der Waals surface area contributed by atoms with Crippen molar-refractivity contribution in [3.8, 4) is 5.00 Å². The van der Waals surface area contributed by atoms with Gasteiger partial charge >= 0.3 is 0 Å². The molecule has 6 nitrogen and oxygen atoms in total. The van der Waals surface area contributed by atoms with Crippen molar-refractivity contribution in [1.29, 1.82) is 0 Å². The summed E-state index contributed by atoms with van der Waals surface area (Å²) >= 11 is 2.59. The molecule has 3 heterocycles. The largest absolute Gasteiger partial charge is 0.322 e. The zero-order valence-electron chi connectivity index (χ0n) is 18.4. The third-order valence-electron chi connectivity index (χ3n) is 6.01. The van der Waals surface area contributed by atoms with E-state index >= 15 is 0 Å². The summed E-state index contributed by atoms with van der Waals surface area (Å²) in [6.07, 6.45) is 5.85. The SMILES string of the molecule is Cc1cc(/C=C2/SC(=O)NC2=O)c(C)n1-c1sc2c(c1C(=O)Nc1ccccc1)CCCC2. The van der Waals surface area contributed by atoms with Gasteiger partial charge in [0.2, 0.25) is 0 Å². The van der Waals surface area contributed by atoms with Gasteiger partial charge in [0.1, 0.15) is 5.00 Å². The Kier molecular flexibility index (Phi) is 5.72. The van der Waals surface area contributed by atoms with Gasteiger partial charge < -0.3 is 9.88 Å². The van der Waals surface area contributed by atoms with Crippen LogP contribution in [-0.4, -0.2) is 21.6 Å². The van der Waals surface area contributed by atoms with Crippen LogP contribution >= 0.6 is 23.1 Å². The fourth-order valence-electron chi connectivity index (χ4n) is 4.47. The van der Waals surface area contributed by atoms with E-state index in [-0.39, 0.29) is 17.1 Å². The van der Waals surface area contributed by atoms with Gasteiger partial charge in [-0.2, -0.15) is 0 Å². The number of hydrogen-bond donors (Lipinski definition) is 2. The van der Waals surface area contributed by atoms with E-state index in [2.05, 4.69) is 15.2 Å². The quantitative estimate of drug-likeness (QED) is 0.479. The summed E-state index contributed by atoms with van der Waals surface area (Å²) in [5, 5.41) is 5.92. The van der Waals surface area contributed by atoms with Crippen LogP contribution in [0.15, 0.2) is 41.3 Å². The van der Waals surface area contributed by atoms with Crippen LogP contribution in [0.2, 0.25) is 0 Å². The molecule has 2 aromatic heterocycles. The number of imide groups is 1. The number of fused-ring (bicyclic) bond motifs is 1. The average Bonchev–Trinajstić information content (AvgIpc) is 3.41. The molecule has 33 heavy (non-hydrogen) atoms. The number of thiophene rings is 1. The van der Waals surface area contributed by atoms with Crippen molar-refractivity contribution >= 4 is 51.9 Å². The molecular weight excluding hydrogens is 454 g/mol. The Balaban J connectivity index is 1.60. The average molecular weight is 478 g/mol. The highest BCUT2D eigenvalue weighted by molar-refractivity contribution is 8.18. The number of para-hydroxylation sites is 1. The highest BCUT2D eigenvalue weighted by Gasteiger charge is 2.29. The topological polar surface area (TPSA) is 80.2 Å². The fraction of sp³-hybridized carbons (Fsp3) is 0.240. The van der Waals surface area contributed by atoms with Gasteiger partial charge in [-0.25, -0.2) is 0 Å². The van der Waals surface area contributed by atoms with Crippen molar-refractivity contribution in [1.82, 2.24) is 9.88 Å². The third kappa shape index (κ3) is 4.05. The monoisotopic (exact) mass is 477 g/mol. The lowest BCUT2D eigenvalue weighted by Gasteiger charge is -2.14. The van der Waals surface area contributed by atoms with Crippen LogP contribution in [0.3, 0.4) is 0 Å². The lowest BCUT2D eigenvalue weighted by Crippen LogP contribution is -2.17. The Labute approximate surface area is 200 Å². The molecule has 0 atom stereocenters. The summed E-state index contributed by atoms with van der Waals surface area (Å²) in [5.74, 6) is -0.469. The van der Waals surface area contributed by atoms with Crippen LogP contribution in [0.1, 0.15) is 50.6 Å². The number of anilines is 1. The van der Waals surface area contributed by atoms with Crippen molar-refractivity contribution in [2.45, 2.75) is 39.5 Å². The molecule has 1 aliphatic carbocycles. The van der Waals surface area contributed by atoms with Crippen LogP contribution < -0.4 is 10.6 Å². The number of amides is 3. The number of carbonyl (C=O) groups is 3. The van der Waals surface area contributed by atoms with E-state index in [1.54, 1.807) is 17.4 Å². The third-order valence-corrected chi connectivity index (χ3v) is 8.10. The number of benzene rings is 1. The van der Waals surface area contributed by atoms with E-state index in [4.69, 9.17) is 0 Å². The van der Waals surface area contributed by atoms with Crippen molar-refractivity contribution in [2.75, 3.05) is 5.32 Å². The molecule has 1 fully saturated rings. The first-order chi connectivity index (χ1) is 15.9. The summed E-state index contributed by atoms with van der Waals surface area (Å²) in [7, 11) is 0. The van der Waals surface area contributed by atoms with Gasteiger partial charge in [0.05, 0.1) is 10.5 Å². The lowest BCUT2D eigenvalue weighted by atomic mass is 9.95. The molecule has 0 spiro atoms. The Bertz CT molecular complexity index is 1320. The molecular formula is C25H23N3O3S2. The van der Waals surface area contributed by atoms with Gasteiger partial charge in [0.15, 0.2) is 0 Å². The predicted octanol–water partition coefficient (Wildman–Crippen LogP) is 5.61. The number of nitrogens with one attached hydrogen (secondary N) is 2. The smallest absolute Gasteiger partial charge is 0.290 e. The van der Waals surface area contributed by atoms with Gasteiger partial charge in [-0.1, -0.05) is 18.2 Å². The molecule has 2 aliphatic rings. The summed E-state index contributed by atoms with van der Waals surface area (Å²) < 4.78 is 2.11. The summed E-state index contributed by atoms with van der Waals surface area (Å²) in [5.41, 5.74) is 5.42. The maximum Gasteiger partial charge on any atom is 0.290 e. The normalized spacial score (nSPS) is 16.7. The molecule has 8 heteroatoms. The molecule has 1 aliphatic heterocycles. The number of hydrogen-bond acceptors (Lipinski definition) is 5. The van der Waals surface area contributed by atoms with Crippen molar-refractivity contribution in [3.05, 3.63) is 74.3 Å². The van der Waals surface area contributed by atoms with E-state index in [0.29, 0.717) is 4.91 Å². The zero-order chi connectivity index (χ0) is 23.1. The predicted molar refractivity (Wildman–Crippen MR) is 133 cm³/mol. The summed E-state index contributed by atoms with van der Waals surface area (Å²) in [6.45, 7) is 3.98. The van der Waals surface area contributed by atoms with Gasteiger partial charge in [0, 0.05) is 22.0 Å². The second-order valence-electron chi connectivity index (χ2n) is 8.23. The van der Waals surface area contributed by atoms with Crippen LogP contribution in [0.25, 0.3) is 11.1 Å². The van der Waals surface area contributed by atoms with E-state index in [1.807, 2.05) is 50.2 Å².